The van der Waals surface area contributed by atoms with E-state index >= 15 is 0 Å². The third kappa shape index (κ3) is 2.77. The van der Waals surface area contributed by atoms with E-state index < -0.39 is 6.29 Å². The average Bonchev–Trinajstić information content (AvgIpc) is 3.11. The zero-order chi connectivity index (χ0) is 13.9. The van der Waals surface area contributed by atoms with Crippen LogP contribution in [0, 0.1) is 0 Å². The molecule has 20 heavy (non-hydrogen) atoms. The zero-order valence-electron chi connectivity index (χ0n) is 10.4. The standard InChI is InChI=1S/C14H12N2O3S/c17-14(18)10-5-3-9(4-6-10)13-15-12(19-16-13)8-11-2-1-7-20-11/h1-7,14,17-18H,8H2. The Morgan fingerprint density at radius 3 is 2.60 bits per heavy atom. The predicted molar refractivity (Wildman–Crippen MR) is 74.0 cm³/mol. The summed E-state index contributed by atoms with van der Waals surface area (Å²) in [5.74, 6) is 1.06. The van der Waals surface area contributed by atoms with Crippen molar-refractivity contribution in [2.24, 2.45) is 0 Å². The number of benzene rings is 1. The molecule has 3 aromatic rings. The summed E-state index contributed by atoms with van der Waals surface area (Å²) in [7, 11) is 0. The second-order valence-electron chi connectivity index (χ2n) is 4.26. The molecule has 0 aliphatic rings. The second-order valence-corrected chi connectivity index (χ2v) is 5.30. The molecule has 0 saturated carbocycles. The third-order valence-electron chi connectivity index (χ3n) is 2.84. The highest BCUT2D eigenvalue weighted by Crippen LogP contribution is 2.20. The molecule has 0 fully saturated rings. The molecule has 0 bridgehead atoms. The van der Waals surface area contributed by atoms with Crippen molar-refractivity contribution in [3.8, 4) is 11.4 Å². The van der Waals surface area contributed by atoms with Crippen LogP contribution in [0.2, 0.25) is 0 Å². The van der Waals surface area contributed by atoms with Gasteiger partial charge in [0, 0.05) is 16.0 Å². The maximum atomic E-state index is 9.04. The molecule has 5 nitrogen and oxygen atoms in total. The van der Waals surface area contributed by atoms with Crippen molar-refractivity contribution in [1.82, 2.24) is 10.1 Å². The quantitative estimate of drug-likeness (QED) is 0.720. The van der Waals surface area contributed by atoms with Crippen molar-refractivity contribution < 1.29 is 14.7 Å². The van der Waals surface area contributed by atoms with Crippen LogP contribution in [-0.4, -0.2) is 20.4 Å². The van der Waals surface area contributed by atoms with Gasteiger partial charge in [-0.1, -0.05) is 35.5 Å². The van der Waals surface area contributed by atoms with Gasteiger partial charge in [0.25, 0.3) is 0 Å². The molecule has 0 spiro atoms. The zero-order valence-corrected chi connectivity index (χ0v) is 11.2. The first-order valence-electron chi connectivity index (χ1n) is 6.04. The number of aliphatic hydroxyl groups is 2. The first-order chi connectivity index (χ1) is 9.72. The van der Waals surface area contributed by atoms with Crippen molar-refractivity contribution in [1.29, 1.82) is 0 Å². The van der Waals surface area contributed by atoms with E-state index in [0.29, 0.717) is 23.7 Å². The maximum Gasteiger partial charge on any atom is 0.232 e. The Morgan fingerprint density at radius 1 is 1.15 bits per heavy atom. The Balaban J connectivity index is 1.79. The Morgan fingerprint density at radius 2 is 1.95 bits per heavy atom. The summed E-state index contributed by atoms with van der Waals surface area (Å²) in [6.07, 6.45) is -0.846. The number of nitrogens with zero attached hydrogens (tertiary/aromatic N) is 2. The van der Waals surface area contributed by atoms with E-state index in [1.54, 1.807) is 35.6 Å². The molecule has 1 aromatic carbocycles. The SMILES string of the molecule is OC(O)c1ccc(-c2noc(Cc3cccs3)n2)cc1. The minimum atomic E-state index is -1.47. The number of rotatable bonds is 4. The number of thiophene rings is 1. The van der Waals surface area contributed by atoms with Crippen LogP contribution in [0.5, 0.6) is 0 Å². The molecule has 0 aliphatic heterocycles. The molecule has 0 amide bonds. The first-order valence-corrected chi connectivity index (χ1v) is 6.92. The van der Waals surface area contributed by atoms with E-state index in [2.05, 4.69) is 10.1 Å². The van der Waals surface area contributed by atoms with E-state index in [9.17, 15) is 0 Å². The molecule has 102 valence electrons. The van der Waals surface area contributed by atoms with Gasteiger partial charge < -0.3 is 14.7 Å². The molecule has 2 N–H and O–H groups in total. The molecule has 0 atom stereocenters. The van der Waals surface area contributed by atoms with Crippen molar-refractivity contribution in [2.45, 2.75) is 12.7 Å². The van der Waals surface area contributed by atoms with Crippen LogP contribution < -0.4 is 0 Å². The van der Waals surface area contributed by atoms with Gasteiger partial charge in [0.15, 0.2) is 6.29 Å². The van der Waals surface area contributed by atoms with Gasteiger partial charge in [-0.05, 0) is 11.4 Å². The Hall–Kier alpha value is -2.02. The van der Waals surface area contributed by atoms with Gasteiger partial charge in [0.05, 0.1) is 6.42 Å². The summed E-state index contributed by atoms with van der Waals surface area (Å²) < 4.78 is 5.22. The number of aliphatic hydroxyl groups excluding tert-OH is 1. The normalized spacial score (nSPS) is 11.2. The highest BCUT2D eigenvalue weighted by atomic mass is 32.1. The van der Waals surface area contributed by atoms with Crippen LogP contribution in [0.1, 0.15) is 22.6 Å². The molecule has 0 unspecified atom stereocenters. The fraction of sp³-hybridized carbons (Fsp3) is 0.143. The molecular weight excluding hydrogens is 276 g/mol. The Labute approximate surface area is 119 Å². The van der Waals surface area contributed by atoms with E-state index in [4.69, 9.17) is 14.7 Å². The third-order valence-corrected chi connectivity index (χ3v) is 3.72. The molecule has 2 heterocycles. The van der Waals surface area contributed by atoms with Crippen LogP contribution in [0.4, 0.5) is 0 Å². The fourth-order valence-corrected chi connectivity index (χ4v) is 2.51. The lowest BCUT2D eigenvalue weighted by atomic mass is 10.1. The average molecular weight is 288 g/mol. The smallest absolute Gasteiger partial charge is 0.232 e. The molecule has 6 heteroatoms. The molecule has 0 aliphatic carbocycles. The van der Waals surface area contributed by atoms with Crippen molar-refractivity contribution in [3.63, 3.8) is 0 Å². The van der Waals surface area contributed by atoms with Crippen molar-refractivity contribution in [2.75, 3.05) is 0 Å². The summed E-state index contributed by atoms with van der Waals surface area (Å²) in [5.41, 5.74) is 1.20. The largest absolute Gasteiger partial charge is 0.364 e. The predicted octanol–water partition coefficient (Wildman–Crippen LogP) is 2.37. The molecule has 3 rings (SSSR count). The lowest BCUT2D eigenvalue weighted by Crippen LogP contribution is -1.94. The molecular formula is C14H12N2O3S. The number of hydrogen-bond acceptors (Lipinski definition) is 6. The second kappa shape index (κ2) is 5.54. The Bertz CT molecular complexity index is 675. The lowest BCUT2D eigenvalue weighted by Gasteiger charge is -2.02. The summed E-state index contributed by atoms with van der Waals surface area (Å²) in [6, 6.07) is 10.7. The summed E-state index contributed by atoms with van der Waals surface area (Å²) >= 11 is 1.64. The van der Waals surface area contributed by atoms with E-state index in [1.165, 1.54) is 4.88 Å². The van der Waals surface area contributed by atoms with Gasteiger partial charge >= 0.3 is 0 Å². The summed E-state index contributed by atoms with van der Waals surface area (Å²) in [4.78, 5) is 5.50. The van der Waals surface area contributed by atoms with Crippen LogP contribution >= 0.6 is 11.3 Å². The fourth-order valence-electron chi connectivity index (χ4n) is 1.81. The van der Waals surface area contributed by atoms with Crippen LogP contribution in [0.3, 0.4) is 0 Å². The number of hydrogen-bond donors (Lipinski definition) is 2. The molecule has 2 aromatic heterocycles. The number of aromatic nitrogens is 2. The maximum absolute atomic E-state index is 9.04. The highest BCUT2D eigenvalue weighted by molar-refractivity contribution is 7.09. The van der Waals surface area contributed by atoms with Crippen LogP contribution in [0.25, 0.3) is 11.4 Å². The monoisotopic (exact) mass is 288 g/mol. The molecule has 0 saturated heterocycles. The first kappa shape index (κ1) is 13.0. The summed E-state index contributed by atoms with van der Waals surface area (Å²) in [5, 5.41) is 24.0. The topological polar surface area (TPSA) is 79.4 Å². The van der Waals surface area contributed by atoms with E-state index in [1.807, 2.05) is 17.5 Å². The Kier molecular flexibility index (Phi) is 3.60. The van der Waals surface area contributed by atoms with E-state index in [0.717, 1.165) is 5.56 Å². The van der Waals surface area contributed by atoms with Gasteiger partial charge in [0.2, 0.25) is 11.7 Å². The van der Waals surface area contributed by atoms with E-state index in [-0.39, 0.29) is 0 Å². The lowest BCUT2D eigenvalue weighted by molar-refractivity contribution is -0.0424. The van der Waals surface area contributed by atoms with Gasteiger partial charge in [-0.25, -0.2) is 0 Å². The minimum absolute atomic E-state index is 0.427. The molecule has 0 radical (unpaired) electrons. The van der Waals surface area contributed by atoms with Gasteiger partial charge in [0.1, 0.15) is 0 Å². The summed E-state index contributed by atoms with van der Waals surface area (Å²) in [6.45, 7) is 0. The van der Waals surface area contributed by atoms with Crippen LogP contribution in [-0.2, 0) is 6.42 Å². The highest BCUT2D eigenvalue weighted by Gasteiger charge is 2.10. The van der Waals surface area contributed by atoms with Crippen molar-refractivity contribution >= 4 is 11.3 Å². The van der Waals surface area contributed by atoms with Crippen LogP contribution in [0.15, 0.2) is 46.3 Å². The van der Waals surface area contributed by atoms with Gasteiger partial charge in [-0.3, -0.25) is 0 Å². The van der Waals surface area contributed by atoms with Crippen molar-refractivity contribution in [3.05, 3.63) is 58.1 Å². The van der Waals surface area contributed by atoms with Gasteiger partial charge in [-0.15, -0.1) is 11.3 Å². The minimum Gasteiger partial charge on any atom is -0.364 e. The van der Waals surface area contributed by atoms with Gasteiger partial charge in [-0.2, -0.15) is 4.98 Å².